The Bertz CT molecular complexity index is 215. The summed E-state index contributed by atoms with van der Waals surface area (Å²) in [7, 11) is 0. The molecule has 0 N–H and O–H groups in total. The van der Waals surface area contributed by atoms with Crippen molar-refractivity contribution in [2.45, 2.75) is 59.0 Å². The van der Waals surface area contributed by atoms with Gasteiger partial charge in [-0.25, -0.2) is 4.39 Å². The van der Waals surface area contributed by atoms with E-state index in [1.54, 1.807) is 6.92 Å². The van der Waals surface area contributed by atoms with E-state index in [-0.39, 0.29) is 5.41 Å². The molecule has 0 aliphatic heterocycles. The Balaban J connectivity index is 2.66. The summed E-state index contributed by atoms with van der Waals surface area (Å²) in [6, 6.07) is 0. The Morgan fingerprint density at radius 1 is 1.14 bits per heavy atom. The van der Waals surface area contributed by atoms with Crippen molar-refractivity contribution in [1.29, 1.82) is 0 Å². The van der Waals surface area contributed by atoms with Crippen LogP contribution in [0.3, 0.4) is 0 Å². The molecule has 14 heavy (non-hydrogen) atoms. The number of alkyl halides is 1. The molecule has 0 spiro atoms. The number of hydrogen-bond acceptors (Lipinski definition) is 0. The first kappa shape index (κ1) is 11.7. The highest BCUT2D eigenvalue weighted by molar-refractivity contribution is 5.13. The second kappa shape index (κ2) is 3.67. The number of halogens is 1. The molecular formula is C13H23F. The first-order valence-corrected chi connectivity index (χ1v) is 5.65. The monoisotopic (exact) mass is 198 g/mol. The summed E-state index contributed by atoms with van der Waals surface area (Å²) in [5.41, 5.74) is 0.546. The Labute approximate surface area is 87.6 Å². The van der Waals surface area contributed by atoms with E-state index in [9.17, 15) is 4.39 Å². The summed E-state index contributed by atoms with van der Waals surface area (Å²) in [6.45, 7) is 12.5. The lowest BCUT2D eigenvalue weighted by Gasteiger charge is -2.42. The quantitative estimate of drug-likeness (QED) is 0.573. The van der Waals surface area contributed by atoms with Crippen LogP contribution in [0.4, 0.5) is 4.39 Å². The fourth-order valence-electron chi connectivity index (χ4n) is 2.34. The summed E-state index contributed by atoms with van der Waals surface area (Å²) in [6.07, 6.45) is 3.29. The first-order valence-electron chi connectivity index (χ1n) is 5.65. The third-order valence-corrected chi connectivity index (χ3v) is 3.87. The van der Waals surface area contributed by atoms with Gasteiger partial charge in [0.1, 0.15) is 5.67 Å². The van der Waals surface area contributed by atoms with Gasteiger partial charge in [-0.2, -0.15) is 0 Å². The number of hydrogen-bond donors (Lipinski definition) is 0. The lowest BCUT2D eigenvalue weighted by Crippen LogP contribution is -2.34. The van der Waals surface area contributed by atoms with Crippen molar-refractivity contribution in [3.05, 3.63) is 12.2 Å². The van der Waals surface area contributed by atoms with E-state index >= 15 is 0 Å². The highest BCUT2D eigenvalue weighted by Gasteiger charge is 2.39. The molecule has 0 aromatic rings. The highest BCUT2D eigenvalue weighted by atomic mass is 19.1. The van der Waals surface area contributed by atoms with Crippen LogP contribution in [0.25, 0.3) is 0 Å². The van der Waals surface area contributed by atoms with Crippen molar-refractivity contribution in [2.75, 3.05) is 0 Å². The van der Waals surface area contributed by atoms with Gasteiger partial charge < -0.3 is 0 Å². The van der Waals surface area contributed by atoms with E-state index in [4.69, 9.17) is 0 Å². The molecule has 0 aromatic carbocycles. The summed E-state index contributed by atoms with van der Waals surface area (Å²) in [4.78, 5) is 0. The minimum Gasteiger partial charge on any atom is -0.244 e. The second-order valence-corrected chi connectivity index (χ2v) is 5.65. The molecule has 1 heteroatoms. The van der Waals surface area contributed by atoms with Crippen LogP contribution in [0.2, 0.25) is 0 Å². The van der Waals surface area contributed by atoms with Gasteiger partial charge >= 0.3 is 0 Å². The topological polar surface area (TPSA) is 0 Å². The molecule has 1 saturated carbocycles. The van der Waals surface area contributed by atoms with E-state index in [1.165, 1.54) is 5.57 Å². The van der Waals surface area contributed by atoms with Gasteiger partial charge in [0.25, 0.3) is 0 Å². The molecule has 82 valence electrons. The molecular weight excluding hydrogens is 175 g/mol. The van der Waals surface area contributed by atoms with Crippen LogP contribution in [-0.2, 0) is 0 Å². The fourth-order valence-corrected chi connectivity index (χ4v) is 2.34. The lowest BCUT2D eigenvalue weighted by atomic mass is 9.65. The Morgan fingerprint density at radius 2 is 1.57 bits per heavy atom. The summed E-state index contributed by atoms with van der Waals surface area (Å²) in [5.74, 6) is 0.518. The minimum atomic E-state index is -0.934. The molecule has 1 fully saturated rings. The largest absolute Gasteiger partial charge is 0.244 e. The van der Waals surface area contributed by atoms with E-state index in [0.717, 1.165) is 12.8 Å². The van der Waals surface area contributed by atoms with Crippen molar-refractivity contribution in [1.82, 2.24) is 0 Å². The Kier molecular flexibility index (Phi) is 3.08. The normalized spacial score (nSPS) is 38.7. The zero-order valence-corrected chi connectivity index (χ0v) is 9.99. The number of rotatable bonds is 2. The van der Waals surface area contributed by atoms with E-state index in [2.05, 4.69) is 27.4 Å². The Hall–Kier alpha value is -0.330. The SMILES string of the molecule is C=C(C(C)C)C1(C)CCC(C)(F)CC1. The van der Waals surface area contributed by atoms with Crippen LogP contribution in [0.5, 0.6) is 0 Å². The predicted molar refractivity (Wildman–Crippen MR) is 60.1 cm³/mol. The molecule has 0 radical (unpaired) electrons. The number of allylic oxidation sites excluding steroid dienone is 1. The van der Waals surface area contributed by atoms with E-state index in [1.807, 2.05) is 0 Å². The van der Waals surface area contributed by atoms with Gasteiger partial charge in [-0.05, 0) is 43.9 Å². The average Bonchev–Trinajstić information content (AvgIpc) is 2.09. The van der Waals surface area contributed by atoms with Crippen molar-refractivity contribution in [2.24, 2.45) is 11.3 Å². The molecule has 0 unspecified atom stereocenters. The van der Waals surface area contributed by atoms with Gasteiger partial charge in [-0.15, -0.1) is 0 Å². The Morgan fingerprint density at radius 3 is 1.93 bits per heavy atom. The average molecular weight is 198 g/mol. The van der Waals surface area contributed by atoms with Crippen LogP contribution >= 0.6 is 0 Å². The second-order valence-electron chi connectivity index (χ2n) is 5.65. The first-order chi connectivity index (χ1) is 6.27. The molecule has 0 heterocycles. The highest BCUT2D eigenvalue weighted by Crippen LogP contribution is 2.47. The molecule has 0 amide bonds. The summed E-state index contributed by atoms with van der Waals surface area (Å²) in [5, 5.41) is 0. The van der Waals surface area contributed by atoms with Crippen molar-refractivity contribution < 1.29 is 4.39 Å². The standard InChI is InChI=1S/C13H23F/c1-10(2)11(3)12(4)6-8-13(5,14)9-7-12/h10H,3,6-9H2,1-2,4-5H3. The zero-order chi connectivity index (χ0) is 11.0. The molecule has 0 saturated heterocycles. The smallest absolute Gasteiger partial charge is 0.108 e. The van der Waals surface area contributed by atoms with E-state index in [0.29, 0.717) is 18.8 Å². The van der Waals surface area contributed by atoms with E-state index < -0.39 is 5.67 Å². The van der Waals surface area contributed by atoms with Gasteiger partial charge in [-0.3, -0.25) is 0 Å². The maximum atomic E-state index is 13.6. The van der Waals surface area contributed by atoms with Gasteiger partial charge in [0, 0.05) is 0 Å². The maximum absolute atomic E-state index is 13.6. The van der Waals surface area contributed by atoms with Gasteiger partial charge in [-0.1, -0.05) is 32.9 Å². The lowest BCUT2D eigenvalue weighted by molar-refractivity contribution is 0.0749. The third kappa shape index (κ3) is 2.37. The van der Waals surface area contributed by atoms with Gasteiger partial charge in [0.15, 0.2) is 0 Å². The minimum absolute atomic E-state index is 0.180. The van der Waals surface area contributed by atoms with Crippen LogP contribution in [0, 0.1) is 11.3 Å². The van der Waals surface area contributed by atoms with Gasteiger partial charge in [0.2, 0.25) is 0 Å². The predicted octanol–water partition coefficient (Wildman–Crippen LogP) is 4.51. The van der Waals surface area contributed by atoms with Crippen LogP contribution in [0.15, 0.2) is 12.2 Å². The third-order valence-electron chi connectivity index (χ3n) is 3.87. The molecule has 0 nitrogen and oxygen atoms in total. The van der Waals surface area contributed by atoms with Crippen LogP contribution in [-0.4, -0.2) is 5.67 Å². The zero-order valence-electron chi connectivity index (χ0n) is 9.99. The molecule has 0 aromatic heterocycles. The summed E-state index contributed by atoms with van der Waals surface area (Å²) < 4.78 is 13.6. The molecule has 0 atom stereocenters. The summed E-state index contributed by atoms with van der Waals surface area (Å²) >= 11 is 0. The van der Waals surface area contributed by atoms with Gasteiger partial charge in [0.05, 0.1) is 0 Å². The van der Waals surface area contributed by atoms with Crippen molar-refractivity contribution in [3.8, 4) is 0 Å². The van der Waals surface area contributed by atoms with Crippen molar-refractivity contribution >= 4 is 0 Å². The maximum Gasteiger partial charge on any atom is 0.108 e. The molecule has 1 rings (SSSR count). The molecule has 1 aliphatic rings. The van der Waals surface area contributed by atoms with Crippen LogP contribution in [0.1, 0.15) is 53.4 Å². The van der Waals surface area contributed by atoms with Crippen molar-refractivity contribution in [3.63, 3.8) is 0 Å². The fraction of sp³-hybridized carbons (Fsp3) is 0.846. The molecule has 0 bridgehead atoms. The molecule has 1 aliphatic carbocycles. The van der Waals surface area contributed by atoms with Crippen LogP contribution < -0.4 is 0 Å².